The van der Waals surface area contributed by atoms with Crippen molar-refractivity contribution < 1.29 is 14.6 Å². The molecule has 0 heterocycles. The molecule has 4 aliphatic carbocycles. The lowest BCUT2D eigenvalue weighted by Gasteiger charge is -2.60. The maximum atomic E-state index is 11.9. The summed E-state index contributed by atoms with van der Waals surface area (Å²) in [6.45, 7) is 4.77. The number of aliphatic hydroxyl groups excluding tert-OH is 1. The van der Waals surface area contributed by atoms with Crippen molar-refractivity contribution in [1.29, 1.82) is 0 Å². The molecule has 0 aliphatic heterocycles. The van der Waals surface area contributed by atoms with Crippen LogP contribution in [0.5, 0.6) is 0 Å². The van der Waals surface area contributed by atoms with Crippen LogP contribution in [0.4, 0.5) is 0 Å². The van der Waals surface area contributed by atoms with Crippen LogP contribution in [0.2, 0.25) is 0 Å². The summed E-state index contributed by atoms with van der Waals surface area (Å²) in [5, 5.41) is 10.7. The average Bonchev–Trinajstić information content (AvgIpc) is 2.79. The first-order valence-corrected chi connectivity index (χ1v) is 9.62. The van der Waals surface area contributed by atoms with E-state index in [1.165, 1.54) is 19.3 Å². The lowest BCUT2D eigenvalue weighted by atomic mass is 9.45. The number of rotatable bonds is 1. The molecular formula is C20H32O3. The molecule has 0 aromatic carbocycles. The van der Waals surface area contributed by atoms with Crippen LogP contribution in [0.3, 0.4) is 0 Å². The smallest absolute Gasteiger partial charge is 0.133 e. The standard InChI is InChI=1S/C20H32O3/c1-19-8-6-13(21)10-12(19)4-5-14-15(19)7-9-20(2)17(22)11-16(23-3)18(14)20/h12,14-18,22H,4-11H2,1-3H3/t12-,14+,15-,16?,17-,18+,19-,20+/m0/s1. The van der Waals surface area contributed by atoms with Crippen molar-refractivity contribution in [2.45, 2.75) is 77.4 Å². The second-order valence-corrected chi connectivity index (χ2v) is 9.39. The van der Waals surface area contributed by atoms with Crippen molar-refractivity contribution in [2.24, 2.45) is 34.5 Å². The first-order valence-electron chi connectivity index (χ1n) is 9.62. The number of methoxy groups -OCH3 is 1. The molecule has 130 valence electrons. The molecule has 0 spiro atoms. The van der Waals surface area contributed by atoms with Gasteiger partial charge in [-0.25, -0.2) is 0 Å². The Bertz CT molecular complexity index is 503. The molecule has 0 amide bonds. The van der Waals surface area contributed by atoms with E-state index in [1.807, 2.05) is 7.11 Å². The number of fused-ring (bicyclic) bond motifs is 5. The summed E-state index contributed by atoms with van der Waals surface area (Å²) in [6.07, 6.45) is 8.27. The number of aliphatic hydroxyl groups is 1. The zero-order valence-corrected chi connectivity index (χ0v) is 14.9. The highest BCUT2D eigenvalue weighted by Gasteiger charge is 2.62. The molecule has 4 aliphatic rings. The minimum absolute atomic E-state index is 0.0372. The van der Waals surface area contributed by atoms with Crippen molar-refractivity contribution in [3.05, 3.63) is 0 Å². The summed E-state index contributed by atoms with van der Waals surface area (Å²) in [5.74, 6) is 2.97. The van der Waals surface area contributed by atoms with Crippen LogP contribution in [-0.4, -0.2) is 30.2 Å². The minimum atomic E-state index is -0.211. The maximum absolute atomic E-state index is 11.9. The molecule has 0 aromatic rings. The fourth-order valence-electron chi connectivity index (χ4n) is 7.29. The third kappa shape index (κ3) is 2.12. The highest BCUT2D eigenvalue weighted by atomic mass is 16.5. The third-order valence-electron chi connectivity index (χ3n) is 8.70. The topological polar surface area (TPSA) is 46.5 Å². The normalized spacial score (nSPS) is 55.9. The monoisotopic (exact) mass is 320 g/mol. The van der Waals surface area contributed by atoms with Crippen molar-refractivity contribution in [2.75, 3.05) is 7.11 Å². The van der Waals surface area contributed by atoms with Gasteiger partial charge in [0, 0.05) is 26.4 Å². The van der Waals surface area contributed by atoms with Gasteiger partial charge in [-0.15, -0.1) is 0 Å². The second-order valence-electron chi connectivity index (χ2n) is 9.39. The molecule has 4 fully saturated rings. The Labute approximate surface area is 140 Å². The third-order valence-corrected chi connectivity index (χ3v) is 8.70. The Morgan fingerprint density at radius 2 is 1.91 bits per heavy atom. The molecule has 23 heavy (non-hydrogen) atoms. The summed E-state index contributed by atoms with van der Waals surface area (Å²) < 4.78 is 5.84. The van der Waals surface area contributed by atoms with E-state index in [4.69, 9.17) is 4.74 Å². The van der Waals surface area contributed by atoms with Crippen molar-refractivity contribution in [1.82, 2.24) is 0 Å². The predicted molar refractivity (Wildman–Crippen MR) is 88.9 cm³/mol. The Morgan fingerprint density at radius 1 is 1.13 bits per heavy atom. The molecule has 0 bridgehead atoms. The molecule has 0 radical (unpaired) electrons. The van der Waals surface area contributed by atoms with Crippen LogP contribution in [-0.2, 0) is 9.53 Å². The van der Waals surface area contributed by atoms with Crippen molar-refractivity contribution in [3.8, 4) is 0 Å². The zero-order valence-electron chi connectivity index (χ0n) is 14.9. The molecule has 0 aromatic heterocycles. The van der Waals surface area contributed by atoms with Crippen LogP contribution in [0.1, 0.15) is 65.2 Å². The Balaban J connectivity index is 1.67. The summed E-state index contributed by atoms with van der Waals surface area (Å²) in [7, 11) is 1.82. The molecular weight excluding hydrogens is 288 g/mol. The first kappa shape index (κ1) is 16.1. The van der Waals surface area contributed by atoms with E-state index in [1.54, 1.807) is 0 Å². The molecule has 4 saturated carbocycles. The minimum Gasteiger partial charge on any atom is -0.392 e. The zero-order chi connectivity index (χ0) is 16.4. The van der Waals surface area contributed by atoms with Crippen LogP contribution in [0.25, 0.3) is 0 Å². The number of carbonyl (C=O) groups excluding carboxylic acids is 1. The van der Waals surface area contributed by atoms with E-state index in [0.717, 1.165) is 38.0 Å². The van der Waals surface area contributed by atoms with Gasteiger partial charge in [0.2, 0.25) is 0 Å². The second kappa shape index (κ2) is 5.29. The fourth-order valence-corrected chi connectivity index (χ4v) is 7.29. The number of ketones is 1. The highest BCUT2D eigenvalue weighted by Crippen LogP contribution is 2.66. The van der Waals surface area contributed by atoms with E-state index < -0.39 is 0 Å². The number of carbonyl (C=O) groups is 1. The number of hydrogen-bond donors (Lipinski definition) is 1. The molecule has 8 atom stereocenters. The van der Waals surface area contributed by atoms with Crippen LogP contribution in [0, 0.1) is 34.5 Å². The van der Waals surface area contributed by atoms with Gasteiger partial charge in [0.05, 0.1) is 12.2 Å². The summed E-state index contributed by atoms with van der Waals surface area (Å²) in [4.78, 5) is 11.9. The van der Waals surface area contributed by atoms with Crippen molar-refractivity contribution >= 4 is 5.78 Å². The van der Waals surface area contributed by atoms with Gasteiger partial charge in [-0.3, -0.25) is 4.79 Å². The van der Waals surface area contributed by atoms with Gasteiger partial charge in [0.1, 0.15) is 5.78 Å². The molecule has 1 unspecified atom stereocenters. The van der Waals surface area contributed by atoms with Crippen molar-refractivity contribution in [3.63, 3.8) is 0 Å². The summed E-state index contributed by atoms with van der Waals surface area (Å²) >= 11 is 0. The fraction of sp³-hybridized carbons (Fsp3) is 0.950. The predicted octanol–water partition coefficient (Wildman–Crippen LogP) is 3.58. The molecule has 3 heteroatoms. The van der Waals surface area contributed by atoms with Gasteiger partial charge in [0.25, 0.3) is 0 Å². The van der Waals surface area contributed by atoms with Gasteiger partial charge in [-0.2, -0.15) is 0 Å². The number of Topliss-reactive ketones (excluding diaryl/α,β-unsaturated/α-hetero) is 1. The highest BCUT2D eigenvalue weighted by molar-refractivity contribution is 5.79. The Hall–Kier alpha value is -0.410. The van der Waals surface area contributed by atoms with Crippen LogP contribution >= 0.6 is 0 Å². The molecule has 0 saturated heterocycles. The van der Waals surface area contributed by atoms with E-state index in [0.29, 0.717) is 29.0 Å². The van der Waals surface area contributed by atoms with Crippen LogP contribution in [0.15, 0.2) is 0 Å². The summed E-state index contributed by atoms with van der Waals surface area (Å²) in [6, 6.07) is 0. The van der Waals surface area contributed by atoms with E-state index in [-0.39, 0.29) is 17.6 Å². The number of hydrogen-bond acceptors (Lipinski definition) is 3. The Morgan fingerprint density at radius 3 is 2.65 bits per heavy atom. The lowest BCUT2D eigenvalue weighted by Crippen LogP contribution is -2.55. The van der Waals surface area contributed by atoms with E-state index in [9.17, 15) is 9.90 Å². The summed E-state index contributed by atoms with van der Waals surface area (Å²) in [5.41, 5.74) is 0.375. The lowest BCUT2D eigenvalue weighted by molar-refractivity contribution is -0.149. The SMILES string of the molecule is COC1C[C@H](O)[C@@]2(C)CC[C@H]3[C@@H](CC[C@H]4CC(=O)CC[C@@]43C)[C@H]12. The van der Waals surface area contributed by atoms with Gasteiger partial charge in [0.15, 0.2) is 0 Å². The molecule has 1 N–H and O–H groups in total. The molecule has 4 rings (SSSR count). The number of ether oxygens (including phenoxy) is 1. The van der Waals surface area contributed by atoms with Gasteiger partial charge in [-0.1, -0.05) is 13.8 Å². The van der Waals surface area contributed by atoms with Gasteiger partial charge in [-0.05, 0) is 66.6 Å². The van der Waals surface area contributed by atoms with Crippen LogP contribution < -0.4 is 0 Å². The van der Waals surface area contributed by atoms with E-state index in [2.05, 4.69) is 13.8 Å². The quantitative estimate of drug-likeness (QED) is 0.803. The van der Waals surface area contributed by atoms with Gasteiger partial charge < -0.3 is 9.84 Å². The first-order chi connectivity index (χ1) is 10.9. The maximum Gasteiger partial charge on any atom is 0.133 e. The molecule has 3 nitrogen and oxygen atoms in total. The largest absolute Gasteiger partial charge is 0.392 e. The van der Waals surface area contributed by atoms with Gasteiger partial charge >= 0.3 is 0 Å². The van der Waals surface area contributed by atoms with E-state index >= 15 is 0 Å². The Kier molecular flexibility index (Phi) is 3.70. The average molecular weight is 320 g/mol.